The second-order valence-electron chi connectivity index (χ2n) is 5.35. The minimum Gasteiger partial charge on any atom is -0.376 e. The average molecular weight is 340 g/mol. The Kier molecular flexibility index (Phi) is 6.05. The molecule has 0 atom stereocenters. The summed E-state index contributed by atoms with van der Waals surface area (Å²) in [5.41, 5.74) is 1.81. The summed E-state index contributed by atoms with van der Waals surface area (Å²) in [5, 5.41) is 2.90. The fourth-order valence-corrected chi connectivity index (χ4v) is 2.84. The van der Waals surface area contributed by atoms with E-state index in [2.05, 4.69) is 21.2 Å². The van der Waals surface area contributed by atoms with Crippen LogP contribution in [0.25, 0.3) is 0 Å². The largest absolute Gasteiger partial charge is 0.376 e. The van der Waals surface area contributed by atoms with Crippen molar-refractivity contribution in [2.45, 2.75) is 45.1 Å². The molecule has 1 aromatic rings. The zero-order chi connectivity index (χ0) is 14.4. The molecule has 1 aliphatic rings. The number of hydrogen-bond donors (Lipinski definition) is 1. The number of halogens is 1. The van der Waals surface area contributed by atoms with Gasteiger partial charge in [0.25, 0.3) is 5.91 Å². The minimum absolute atomic E-state index is 0.0436. The molecule has 0 saturated heterocycles. The van der Waals surface area contributed by atoms with Crippen molar-refractivity contribution in [1.29, 1.82) is 0 Å². The van der Waals surface area contributed by atoms with E-state index in [0.29, 0.717) is 24.8 Å². The number of carbonyl (C=O) groups excluding carboxylic acids is 1. The molecule has 0 bridgehead atoms. The fourth-order valence-electron chi connectivity index (χ4n) is 2.46. The zero-order valence-electron chi connectivity index (χ0n) is 12.0. The Morgan fingerprint density at radius 2 is 2.10 bits per heavy atom. The third-order valence-corrected chi connectivity index (χ3v) is 4.58. The van der Waals surface area contributed by atoms with E-state index < -0.39 is 0 Å². The normalized spacial score (nSPS) is 16.1. The first kappa shape index (κ1) is 15.5. The van der Waals surface area contributed by atoms with Crippen LogP contribution in [-0.4, -0.2) is 25.2 Å². The summed E-state index contributed by atoms with van der Waals surface area (Å²) in [4.78, 5) is 12.0. The quantitative estimate of drug-likeness (QED) is 0.827. The van der Waals surface area contributed by atoms with Gasteiger partial charge >= 0.3 is 0 Å². The van der Waals surface area contributed by atoms with Crippen LogP contribution in [0.4, 0.5) is 0 Å². The smallest absolute Gasteiger partial charge is 0.251 e. The molecule has 1 aromatic carbocycles. The van der Waals surface area contributed by atoms with Crippen LogP contribution in [0, 0.1) is 6.92 Å². The molecule has 0 aliphatic heterocycles. The third kappa shape index (κ3) is 4.60. The maximum absolute atomic E-state index is 12.0. The Balaban J connectivity index is 1.70. The SMILES string of the molecule is Cc1ccc(C(=O)NCCOC2CCCCC2)cc1Br. The summed E-state index contributed by atoms with van der Waals surface area (Å²) >= 11 is 3.44. The van der Waals surface area contributed by atoms with Gasteiger partial charge in [-0.3, -0.25) is 4.79 Å². The first-order valence-corrected chi connectivity index (χ1v) is 8.12. The minimum atomic E-state index is -0.0436. The van der Waals surface area contributed by atoms with E-state index in [-0.39, 0.29) is 5.91 Å². The molecule has 1 N–H and O–H groups in total. The molecule has 1 amide bonds. The van der Waals surface area contributed by atoms with Gasteiger partial charge in [0.2, 0.25) is 0 Å². The lowest BCUT2D eigenvalue weighted by Crippen LogP contribution is -2.29. The van der Waals surface area contributed by atoms with Crippen LogP contribution in [0.15, 0.2) is 22.7 Å². The van der Waals surface area contributed by atoms with E-state index in [4.69, 9.17) is 4.74 Å². The second kappa shape index (κ2) is 7.79. The van der Waals surface area contributed by atoms with E-state index >= 15 is 0 Å². The van der Waals surface area contributed by atoms with E-state index in [0.717, 1.165) is 10.0 Å². The number of hydrogen-bond acceptors (Lipinski definition) is 2. The van der Waals surface area contributed by atoms with Crippen LogP contribution >= 0.6 is 15.9 Å². The van der Waals surface area contributed by atoms with Crippen LogP contribution in [0.3, 0.4) is 0 Å². The molecule has 1 fully saturated rings. The van der Waals surface area contributed by atoms with Gasteiger partial charge < -0.3 is 10.1 Å². The summed E-state index contributed by atoms with van der Waals surface area (Å²) in [6.45, 7) is 3.17. The van der Waals surface area contributed by atoms with Crippen molar-refractivity contribution in [1.82, 2.24) is 5.32 Å². The van der Waals surface area contributed by atoms with Crippen molar-refractivity contribution in [3.05, 3.63) is 33.8 Å². The van der Waals surface area contributed by atoms with Crippen molar-refractivity contribution in [2.24, 2.45) is 0 Å². The first-order valence-electron chi connectivity index (χ1n) is 7.33. The predicted molar refractivity (Wildman–Crippen MR) is 84.0 cm³/mol. The van der Waals surface area contributed by atoms with E-state index in [1.54, 1.807) is 0 Å². The predicted octanol–water partition coefficient (Wildman–Crippen LogP) is 3.84. The molecule has 4 heteroatoms. The summed E-state index contributed by atoms with van der Waals surface area (Å²) in [6, 6.07) is 5.64. The lowest BCUT2D eigenvalue weighted by Gasteiger charge is -2.22. The van der Waals surface area contributed by atoms with Gasteiger partial charge in [-0.05, 0) is 37.5 Å². The molecule has 1 saturated carbocycles. The molecule has 110 valence electrons. The van der Waals surface area contributed by atoms with Crippen LogP contribution in [-0.2, 0) is 4.74 Å². The second-order valence-corrected chi connectivity index (χ2v) is 6.21. The molecule has 0 heterocycles. The number of amides is 1. The van der Waals surface area contributed by atoms with Crippen LogP contribution in [0.2, 0.25) is 0 Å². The Labute approximate surface area is 129 Å². The first-order chi connectivity index (χ1) is 9.66. The highest BCUT2D eigenvalue weighted by Crippen LogP contribution is 2.20. The standard InChI is InChI=1S/C16H22BrNO2/c1-12-7-8-13(11-15(12)17)16(19)18-9-10-20-14-5-3-2-4-6-14/h7-8,11,14H,2-6,9-10H2,1H3,(H,18,19). The van der Waals surface area contributed by atoms with Gasteiger partial charge in [-0.1, -0.05) is 41.3 Å². The lowest BCUT2D eigenvalue weighted by molar-refractivity contribution is 0.0299. The number of rotatable bonds is 5. The molecule has 2 rings (SSSR count). The van der Waals surface area contributed by atoms with E-state index in [1.807, 2.05) is 25.1 Å². The Morgan fingerprint density at radius 3 is 2.80 bits per heavy atom. The highest BCUT2D eigenvalue weighted by Gasteiger charge is 2.13. The summed E-state index contributed by atoms with van der Waals surface area (Å²) in [5.74, 6) is -0.0436. The van der Waals surface area contributed by atoms with Crippen LogP contribution in [0.5, 0.6) is 0 Å². The van der Waals surface area contributed by atoms with Crippen LogP contribution in [0.1, 0.15) is 48.0 Å². The molecular weight excluding hydrogens is 318 g/mol. The molecule has 3 nitrogen and oxygen atoms in total. The average Bonchev–Trinajstić information content (AvgIpc) is 2.47. The van der Waals surface area contributed by atoms with Gasteiger partial charge in [-0.2, -0.15) is 0 Å². The van der Waals surface area contributed by atoms with Gasteiger partial charge in [0, 0.05) is 16.6 Å². The third-order valence-electron chi connectivity index (χ3n) is 3.73. The van der Waals surface area contributed by atoms with Crippen molar-refractivity contribution in [3.8, 4) is 0 Å². The molecular formula is C16H22BrNO2. The summed E-state index contributed by atoms with van der Waals surface area (Å²) in [7, 11) is 0. The lowest BCUT2D eigenvalue weighted by atomic mass is 9.98. The molecule has 0 spiro atoms. The van der Waals surface area contributed by atoms with E-state index in [1.165, 1.54) is 32.1 Å². The number of benzene rings is 1. The van der Waals surface area contributed by atoms with Gasteiger partial charge in [0.1, 0.15) is 0 Å². The fraction of sp³-hybridized carbons (Fsp3) is 0.562. The number of ether oxygens (including phenoxy) is 1. The van der Waals surface area contributed by atoms with Gasteiger partial charge in [0.15, 0.2) is 0 Å². The van der Waals surface area contributed by atoms with E-state index in [9.17, 15) is 4.79 Å². The maximum Gasteiger partial charge on any atom is 0.251 e. The molecule has 0 unspecified atom stereocenters. The monoisotopic (exact) mass is 339 g/mol. The van der Waals surface area contributed by atoms with Gasteiger partial charge in [-0.15, -0.1) is 0 Å². The Morgan fingerprint density at radius 1 is 1.35 bits per heavy atom. The summed E-state index contributed by atoms with van der Waals surface area (Å²) < 4.78 is 6.75. The molecule has 0 aromatic heterocycles. The van der Waals surface area contributed by atoms with Crippen molar-refractivity contribution in [2.75, 3.05) is 13.2 Å². The topological polar surface area (TPSA) is 38.3 Å². The summed E-state index contributed by atoms with van der Waals surface area (Å²) in [6.07, 6.45) is 6.61. The van der Waals surface area contributed by atoms with Gasteiger partial charge in [-0.25, -0.2) is 0 Å². The number of nitrogens with one attached hydrogen (secondary N) is 1. The maximum atomic E-state index is 12.0. The molecule has 1 aliphatic carbocycles. The number of aryl methyl sites for hydroxylation is 1. The van der Waals surface area contributed by atoms with Crippen molar-refractivity contribution < 1.29 is 9.53 Å². The van der Waals surface area contributed by atoms with Crippen molar-refractivity contribution in [3.63, 3.8) is 0 Å². The zero-order valence-corrected chi connectivity index (χ0v) is 13.5. The van der Waals surface area contributed by atoms with Crippen LogP contribution < -0.4 is 5.32 Å². The Bertz CT molecular complexity index is 456. The van der Waals surface area contributed by atoms with Gasteiger partial charge in [0.05, 0.1) is 12.7 Å². The molecule has 0 radical (unpaired) electrons. The Hall–Kier alpha value is -0.870. The molecule has 20 heavy (non-hydrogen) atoms. The van der Waals surface area contributed by atoms with Crippen molar-refractivity contribution >= 4 is 21.8 Å². The number of carbonyl (C=O) groups is 1. The highest BCUT2D eigenvalue weighted by atomic mass is 79.9. The highest BCUT2D eigenvalue weighted by molar-refractivity contribution is 9.10.